The average Bonchev–Trinajstić information content (AvgIpc) is 2.23. The van der Waals surface area contributed by atoms with Crippen LogP contribution >= 0.6 is 0 Å². The molecule has 0 aliphatic heterocycles. The summed E-state index contributed by atoms with van der Waals surface area (Å²) >= 11 is 0. The highest BCUT2D eigenvalue weighted by Gasteiger charge is 2.14. The second kappa shape index (κ2) is 9.82. The first-order valence-corrected chi connectivity index (χ1v) is 6.30. The van der Waals surface area contributed by atoms with Crippen LogP contribution in [0.3, 0.4) is 0 Å². The second-order valence-corrected chi connectivity index (χ2v) is 4.52. The van der Waals surface area contributed by atoms with Gasteiger partial charge in [0.05, 0.1) is 12.2 Å². The Bertz CT molecular complexity index is 181. The Morgan fingerprint density at radius 3 is 2.44 bits per heavy atom. The number of unbranched alkanes of at least 4 members (excludes halogenated alkanes) is 3. The Balaban J connectivity index is 3.40. The van der Waals surface area contributed by atoms with Crippen LogP contribution in [0.15, 0.2) is 12.2 Å². The van der Waals surface area contributed by atoms with E-state index in [4.69, 9.17) is 5.73 Å². The number of nitrogens with two attached hydrogens (primary N) is 1. The molecule has 96 valence electrons. The highest BCUT2D eigenvalue weighted by molar-refractivity contribution is 4.76. The predicted octanol–water partition coefficient (Wildman–Crippen LogP) is 1.97. The van der Waals surface area contributed by atoms with Gasteiger partial charge in [-0.2, -0.15) is 0 Å². The minimum Gasteiger partial charge on any atom is -0.393 e. The first-order valence-electron chi connectivity index (χ1n) is 6.30. The number of hydrogen-bond acceptors (Lipinski definition) is 3. The largest absolute Gasteiger partial charge is 0.393 e. The van der Waals surface area contributed by atoms with Crippen molar-refractivity contribution in [1.82, 2.24) is 0 Å². The number of rotatable bonds is 9. The van der Waals surface area contributed by atoms with Crippen LogP contribution in [-0.4, -0.2) is 28.5 Å². The smallest absolute Gasteiger partial charge is 0.0712 e. The van der Waals surface area contributed by atoms with E-state index >= 15 is 0 Å². The lowest BCUT2D eigenvalue weighted by Crippen LogP contribution is -2.34. The summed E-state index contributed by atoms with van der Waals surface area (Å²) in [5.74, 6) is 0. The number of hydrogen-bond donors (Lipinski definition) is 3. The molecule has 16 heavy (non-hydrogen) atoms. The third kappa shape index (κ3) is 8.89. The predicted molar refractivity (Wildman–Crippen MR) is 68.2 cm³/mol. The number of allylic oxidation sites excluding steroid dienone is 2. The summed E-state index contributed by atoms with van der Waals surface area (Å²) in [4.78, 5) is 0. The van der Waals surface area contributed by atoms with Gasteiger partial charge in [0.15, 0.2) is 0 Å². The summed E-state index contributed by atoms with van der Waals surface area (Å²) in [6, 6.07) is -0.260. The van der Waals surface area contributed by atoms with Gasteiger partial charge in [0.25, 0.3) is 0 Å². The van der Waals surface area contributed by atoms with Crippen molar-refractivity contribution in [2.75, 3.05) is 0 Å². The zero-order valence-electron chi connectivity index (χ0n) is 10.6. The maximum absolute atomic E-state index is 9.64. The van der Waals surface area contributed by atoms with Crippen molar-refractivity contribution in [2.45, 2.75) is 70.6 Å². The van der Waals surface area contributed by atoms with Gasteiger partial charge >= 0.3 is 0 Å². The molecule has 0 aromatic rings. The third-order valence-electron chi connectivity index (χ3n) is 2.76. The summed E-state index contributed by atoms with van der Waals surface area (Å²) in [6.07, 6.45) is 8.83. The molecule has 3 nitrogen and oxygen atoms in total. The molecule has 0 aliphatic rings. The molecule has 0 heterocycles. The Labute approximate surface area is 99.4 Å². The Kier molecular flexibility index (Phi) is 9.59. The lowest BCUT2D eigenvalue weighted by atomic mass is 10.0. The molecule has 0 spiro atoms. The van der Waals surface area contributed by atoms with E-state index in [1.165, 1.54) is 6.42 Å². The molecule has 0 saturated carbocycles. The van der Waals surface area contributed by atoms with E-state index < -0.39 is 12.2 Å². The second-order valence-electron chi connectivity index (χ2n) is 4.52. The molecule has 0 radical (unpaired) electrons. The van der Waals surface area contributed by atoms with Gasteiger partial charge in [-0.3, -0.25) is 0 Å². The van der Waals surface area contributed by atoms with Gasteiger partial charge in [-0.1, -0.05) is 25.0 Å². The van der Waals surface area contributed by atoms with Crippen LogP contribution in [0.2, 0.25) is 0 Å². The Hall–Kier alpha value is -0.380. The van der Waals surface area contributed by atoms with Gasteiger partial charge in [-0.05, 0) is 33.1 Å². The normalized spacial score (nSPS) is 17.6. The molecule has 3 heteroatoms. The Morgan fingerprint density at radius 1 is 1.19 bits per heavy atom. The first-order chi connectivity index (χ1) is 7.57. The summed E-state index contributed by atoms with van der Waals surface area (Å²) < 4.78 is 0. The zero-order valence-corrected chi connectivity index (χ0v) is 10.6. The molecule has 4 N–H and O–H groups in total. The van der Waals surface area contributed by atoms with Gasteiger partial charge in [0.1, 0.15) is 0 Å². The molecule has 3 unspecified atom stereocenters. The lowest BCUT2D eigenvalue weighted by molar-refractivity contribution is 0.0630. The highest BCUT2D eigenvalue weighted by atomic mass is 16.3. The van der Waals surface area contributed by atoms with Gasteiger partial charge in [0, 0.05) is 12.5 Å². The monoisotopic (exact) mass is 229 g/mol. The molecular weight excluding hydrogens is 202 g/mol. The molecule has 0 aliphatic carbocycles. The van der Waals surface area contributed by atoms with E-state index in [1.807, 2.05) is 6.92 Å². The van der Waals surface area contributed by atoms with Crippen molar-refractivity contribution in [3.8, 4) is 0 Å². The average molecular weight is 229 g/mol. The fourth-order valence-corrected chi connectivity index (χ4v) is 1.60. The molecule has 0 aromatic heterocycles. The molecular formula is C13H27NO2. The van der Waals surface area contributed by atoms with Crippen molar-refractivity contribution in [1.29, 1.82) is 0 Å². The Morgan fingerprint density at radius 2 is 1.88 bits per heavy atom. The maximum atomic E-state index is 9.64. The van der Waals surface area contributed by atoms with Crippen molar-refractivity contribution >= 4 is 0 Å². The van der Waals surface area contributed by atoms with Crippen LogP contribution in [-0.2, 0) is 0 Å². The molecule has 0 aromatic carbocycles. The van der Waals surface area contributed by atoms with E-state index in [-0.39, 0.29) is 6.04 Å². The molecule has 0 fully saturated rings. The van der Waals surface area contributed by atoms with E-state index in [0.717, 1.165) is 25.7 Å². The van der Waals surface area contributed by atoms with Crippen molar-refractivity contribution in [3.05, 3.63) is 12.2 Å². The molecule has 0 bridgehead atoms. The minimum atomic E-state index is -0.585. The van der Waals surface area contributed by atoms with Crippen molar-refractivity contribution in [3.63, 3.8) is 0 Å². The van der Waals surface area contributed by atoms with Gasteiger partial charge < -0.3 is 15.9 Å². The minimum absolute atomic E-state index is 0.260. The standard InChI is InChI=1S/C13H27NO2/c1-3-4-5-6-7-8-9-12(15)10-13(16)11(2)14/h3-4,11-13,15-16H,5-10,14H2,1-2H3. The van der Waals surface area contributed by atoms with Crippen LogP contribution in [0, 0.1) is 0 Å². The van der Waals surface area contributed by atoms with Crippen LogP contribution in [0.5, 0.6) is 0 Å². The summed E-state index contributed by atoms with van der Waals surface area (Å²) in [5.41, 5.74) is 5.53. The fourth-order valence-electron chi connectivity index (χ4n) is 1.60. The molecule has 0 amide bonds. The molecule has 0 rings (SSSR count). The summed E-state index contributed by atoms with van der Waals surface area (Å²) in [6.45, 7) is 3.79. The van der Waals surface area contributed by atoms with E-state index in [0.29, 0.717) is 6.42 Å². The van der Waals surface area contributed by atoms with Crippen LogP contribution in [0.4, 0.5) is 0 Å². The summed E-state index contributed by atoms with van der Waals surface area (Å²) in [5, 5.41) is 19.1. The van der Waals surface area contributed by atoms with E-state index in [1.54, 1.807) is 6.92 Å². The first kappa shape index (κ1) is 15.6. The number of aliphatic hydroxyl groups excluding tert-OH is 2. The SMILES string of the molecule is CC=CCCCCCC(O)CC(O)C(C)N. The molecule has 3 atom stereocenters. The topological polar surface area (TPSA) is 66.5 Å². The van der Waals surface area contributed by atoms with Gasteiger partial charge in [0.2, 0.25) is 0 Å². The van der Waals surface area contributed by atoms with Crippen molar-refractivity contribution < 1.29 is 10.2 Å². The summed E-state index contributed by atoms with van der Waals surface area (Å²) in [7, 11) is 0. The van der Waals surface area contributed by atoms with Crippen LogP contribution in [0.25, 0.3) is 0 Å². The third-order valence-corrected chi connectivity index (χ3v) is 2.76. The zero-order chi connectivity index (χ0) is 12.4. The van der Waals surface area contributed by atoms with Crippen LogP contribution < -0.4 is 5.73 Å². The molecule has 0 saturated heterocycles. The van der Waals surface area contributed by atoms with E-state index in [9.17, 15) is 10.2 Å². The van der Waals surface area contributed by atoms with Crippen LogP contribution in [0.1, 0.15) is 52.4 Å². The number of aliphatic hydroxyl groups is 2. The van der Waals surface area contributed by atoms with Gasteiger partial charge in [-0.25, -0.2) is 0 Å². The quantitative estimate of drug-likeness (QED) is 0.418. The highest BCUT2D eigenvalue weighted by Crippen LogP contribution is 2.11. The van der Waals surface area contributed by atoms with Crippen molar-refractivity contribution in [2.24, 2.45) is 5.73 Å². The maximum Gasteiger partial charge on any atom is 0.0712 e. The lowest BCUT2D eigenvalue weighted by Gasteiger charge is -2.18. The van der Waals surface area contributed by atoms with Gasteiger partial charge in [-0.15, -0.1) is 0 Å². The van der Waals surface area contributed by atoms with E-state index in [2.05, 4.69) is 12.2 Å². The fraction of sp³-hybridized carbons (Fsp3) is 0.846.